The smallest absolute Gasteiger partial charge is 0.335 e. The summed E-state index contributed by atoms with van der Waals surface area (Å²) in [4.78, 5) is 11.8. The Labute approximate surface area is 198 Å². The first-order valence-corrected chi connectivity index (χ1v) is 12.7. The number of allylic oxidation sites excluding steroid dienone is 3. The van der Waals surface area contributed by atoms with Gasteiger partial charge in [0.2, 0.25) is 0 Å². The van der Waals surface area contributed by atoms with E-state index in [1.807, 2.05) is 30.4 Å². The van der Waals surface area contributed by atoms with E-state index in [0.717, 1.165) is 35.3 Å². The number of ether oxygens (including phenoxy) is 1. The molecule has 0 spiro atoms. The number of hydrogen-bond donors (Lipinski definition) is 2. The highest BCUT2D eigenvalue weighted by molar-refractivity contribution is 6.04. The third-order valence-corrected chi connectivity index (χ3v) is 6.61. The molecule has 2 aliphatic rings. The Morgan fingerprint density at radius 1 is 1.03 bits per heavy atom. The van der Waals surface area contributed by atoms with Crippen LogP contribution in [0.5, 0.6) is 0 Å². The molecule has 0 aromatic heterocycles. The molecule has 0 fully saturated rings. The highest BCUT2D eigenvalue weighted by Crippen LogP contribution is 2.39. The van der Waals surface area contributed by atoms with Crippen molar-refractivity contribution in [2.45, 2.75) is 90.1 Å². The number of carboxylic acids is 1. The standard InChI is InChI=1S/C29H39NO3/c1-2-3-4-5-6-7-8-9-10-13-20-33-28-19-18-24(23-14-11-12-15-25(23)28)27-21-22(30)16-17-26(27)29(31)32/h11-12,14-15,17-19,28,30H,2-10,13,16,20-21H2,1H3,(H,31,32). The summed E-state index contributed by atoms with van der Waals surface area (Å²) in [5.41, 5.74) is 4.61. The minimum atomic E-state index is -0.921. The SMILES string of the molecule is CCCCCCCCCCCCOC1C=CC(=C2CC(=N)CC=C2C(=O)O)c2ccccc21. The molecule has 178 valence electrons. The Hall–Kier alpha value is -2.46. The average molecular weight is 450 g/mol. The number of unbranched alkanes of at least 4 members (excludes halogenated alkanes) is 9. The van der Waals surface area contributed by atoms with E-state index in [-0.39, 0.29) is 6.10 Å². The van der Waals surface area contributed by atoms with Gasteiger partial charge >= 0.3 is 5.97 Å². The number of hydrogen-bond acceptors (Lipinski definition) is 3. The predicted molar refractivity (Wildman–Crippen MR) is 136 cm³/mol. The van der Waals surface area contributed by atoms with Gasteiger partial charge in [0, 0.05) is 25.2 Å². The third kappa shape index (κ3) is 7.26. The molecule has 0 radical (unpaired) electrons. The summed E-state index contributed by atoms with van der Waals surface area (Å²) in [7, 11) is 0. The number of fused-ring (bicyclic) bond motifs is 1. The van der Waals surface area contributed by atoms with E-state index in [9.17, 15) is 9.90 Å². The fourth-order valence-electron chi connectivity index (χ4n) is 4.76. The van der Waals surface area contributed by atoms with Crippen molar-refractivity contribution in [3.05, 3.63) is 64.8 Å². The first kappa shape index (κ1) is 25.2. The molecule has 2 aliphatic carbocycles. The van der Waals surface area contributed by atoms with Gasteiger partial charge in [-0.05, 0) is 28.7 Å². The third-order valence-electron chi connectivity index (χ3n) is 6.61. The Morgan fingerprint density at radius 2 is 1.70 bits per heavy atom. The summed E-state index contributed by atoms with van der Waals surface area (Å²) >= 11 is 0. The zero-order valence-electron chi connectivity index (χ0n) is 20.1. The maximum Gasteiger partial charge on any atom is 0.335 e. The monoisotopic (exact) mass is 449 g/mol. The largest absolute Gasteiger partial charge is 0.478 e. The molecule has 0 aliphatic heterocycles. The van der Waals surface area contributed by atoms with Crippen molar-refractivity contribution < 1.29 is 14.6 Å². The summed E-state index contributed by atoms with van der Waals surface area (Å²) < 4.78 is 6.23. The number of benzene rings is 1. The van der Waals surface area contributed by atoms with Gasteiger partial charge in [-0.3, -0.25) is 0 Å². The van der Waals surface area contributed by atoms with E-state index in [1.54, 1.807) is 6.08 Å². The van der Waals surface area contributed by atoms with Crippen molar-refractivity contribution in [2.24, 2.45) is 0 Å². The molecular formula is C29H39NO3. The van der Waals surface area contributed by atoms with Gasteiger partial charge in [0.1, 0.15) is 6.10 Å². The molecule has 4 heteroatoms. The van der Waals surface area contributed by atoms with E-state index in [2.05, 4.69) is 13.0 Å². The van der Waals surface area contributed by atoms with Crippen LogP contribution < -0.4 is 0 Å². The minimum absolute atomic E-state index is 0.107. The maximum atomic E-state index is 11.8. The van der Waals surface area contributed by atoms with Crippen LogP contribution in [0.15, 0.2) is 53.6 Å². The van der Waals surface area contributed by atoms with Crippen molar-refractivity contribution in [1.82, 2.24) is 0 Å². The predicted octanol–water partition coefficient (Wildman–Crippen LogP) is 7.81. The lowest BCUT2D eigenvalue weighted by Gasteiger charge is -2.26. The molecule has 4 nitrogen and oxygen atoms in total. The van der Waals surface area contributed by atoms with Crippen molar-refractivity contribution in [3.63, 3.8) is 0 Å². The molecule has 0 saturated carbocycles. The van der Waals surface area contributed by atoms with Gasteiger partial charge in [0.05, 0.1) is 5.57 Å². The summed E-state index contributed by atoms with van der Waals surface area (Å²) in [5, 5.41) is 17.8. The second kappa shape index (κ2) is 13.3. The highest BCUT2D eigenvalue weighted by Gasteiger charge is 2.26. The number of carboxylic acid groups (broad SMARTS) is 1. The summed E-state index contributed by atoms with van der Waals surface area (Å²) in [5.74, 6) is -0.921. The minimum Gasteiger partial charge on any atom is -0.478 e. The average Bonchev–Trinajstić information content (AvgIpc) is 2.82. The maximum absolute atomic E-state index is 11.8. The van der Waals surface area contributed by atoms with Crippen molar-refractivity contribution in [2.75, 3.05) is 6.61 Å². The quantitative estimate of drug-likeness (QED) is 0.302. The fraction of sp³-hybridized carbons (Fsp3) is 0.517. The lowest BCUT2D eigenvalue weighted by molar-refractivity contribution is -0.132. The van der Waals surface area contributed by atoms with Crippen LogP contribution in [0.2, 0.25) is 0 Å². The molecule has 1 aromatic rings. The van der Waals surface area contributed by atoms with Crippen LogP contribution in [0.1, 0.15) is 101 Å². The van der Waals surface area contributed by atoms with Crippen LogP contribution in [0, 0.1) is 5.41 Å². The van der Waals surface area contributed by atoms with Gasteiger partial charge < -0.3 is 15.3 Å². The molecular weight excluding hydrogens is 410 g/mol. The van der Waals surface area contributed by atoms with E-state index in [4.69, 9.17) is 10.1 Å². The van der Waals surface area contributed by atoms with Gasteiger partial charge in [0.15, 0.2) is 0 Å². The van der Waals surface area contributed by atoms with Crippen molar-refractivity contribution >= 4 is 17.3 Å². The normalized spacial score (nSPS) is 20.0. The van der Waals surface area contributed by atoms with Crippen LogP contribution in [0.3, 0.4) is 0 Å². The molecule has 1 aromatic carbocycles. The van der Waals surface area contributed by atoms with Gasteiger partial charge in [-0.2, -0.15) is 0 Å². The van der Waals surface area contributed by atoms with Gasteiger partial charge in [0.25, 0.3) is 0 Å². The van der Waals surface area contributed by atoms with E-state index >= 15 is 0 Å². The van der Waals surface area contributed by atoms with Crippen LogP contribution in [-0.2, 0) is 9.53 Å². The Morgan fingerprint density at radius 3 is 2.39 bits per heavy atom. The second-order valence-corrected chi connectivity index (χ2v) is 9.22. The van der Waals surface area contributed by atoms with E-state index in [0.29, 0.717) is 24.1 Å². The van der Waals surface area contributed by atoms with E-state index < -0.39 is 5.97 Å². The Kier molecular flexibility index (Phi) is 10.1. The summed E-state index contributed by atoms with van der Waals surface area (Å²) in [6, 6.07) is 8.10. The first-order valence-electron chi connectivity index (χ1n) is 12.7. The summed E-state index contributed by atoms with van der Waals surface area (Å²) in [6.45, 7) is 2.99. The molecule has 1 unspecified atom stereocenters. The molecule has 2 N–H and O–H groups in total. The number of nitrogens with one attached hydrogen (secondary N) is 1. The summed E-state index contributed by atoms with van der Waals surface area (Å²) in [6.07, 6.45) is 19.4. The lowest BCUT2D eigenvalue weighted by atomic mass is 9.81. The topological polar surface area (TPSA) is 70.4 Å². The lowest BCUT2D eigenvalue weighted by Crippen LogP contribution is -2.16. The molecule has 0 saturated heterocycles. The first-order chi connectivity index (χ1) is 16.1. The number of carbonyl (C=O) groups is 1. The van der Waals surface area contributed by atoms with Gasteiger partial charge in [-0.15, -0.1) is 0 Å². The van der Waals surface area contributed by atoms with Crippen LogP contribution >= 0.6 is 0 Å². The molecule has 1 atom stereocenters. The second-order valence-electron chi connectivity index (χ2n) is 9.22. The molecule has 3 rings (SSSR count). The van der Waals surface area contributed by atoms with Crippen molar-refractivity contribution in [1.29, 1.82) is 5.41 Å². The Balaban J connectivity index is 1.54. The molecule has 33 heavy (non-hydrogen) atoms. The van der Waals surface area contributed by atoms with E-state index in [1.165, 1.54) is 57.8 Å². The van der Waals surface area contributed by atoms with Crippen LogP contribution in [0.25, 0.3) is 5.57 Å². The number of aliphatic carboxylic acids is 1. The fourth-order valence-corrected chi connectivity index (χ4v) is 4.76. The zero-order chi connectivity index (χ0) is 23.5. The molecule has 0 heterocycles. The van der Waals surface area contributed by atoms with Gasteiger partial charge in [-0.25, -0.2) is 4.79 Å². The molecule has 0 amide bonds. The Bertz CT molecular complexity index is 909. The molecule has 0 bridgehead atoms. The van der Waals surface area contributed by atoms with Crippen LogP contribution in [-0.4, -0.2) is 23.4 Å². The highest BCUT2D eigenvalue weighted by atomic mass is 16.5. The van der Waals surface area contributed by atoms with Crippen molar-refractivity contribution in [3.8, 4) is 0 Å². The van der Waals surface area contributed by atoms with Crippen LogP contribution in [0.4, 0.5) is 0 Å². The zero-order valence-corrected chi connectivity index (χ0v) is 20.1. The number of rotatable bonds is 13. The van der Waals surface area contributed by atoms with Gasteiger partial charge in [-0.1, -0.05) is 107 Å².